The van der Waals surface area contributed by atoms with Gasteiger partial charge in [0.2, 0.25) is 0 Å². The van der Waals surface area contributed by atoms with Gasteiger partial charge in [0.05, 0.1) is 0 Å². The van der Waals surface area contributed by atoms with Crippen molar-refractivity contribution in [1.82, 2.24) is 14.8 Å². The maximum atomic E-state index is 12.4. The third-order valence-electron chi connectivity index (χ3n) is 4.42. The van der Waals surface area contributed by atoms with E-state index in [-0.39, 0.29) is 6.03 Å². The second-order valence-electron chi connectivity index (χ2n) is 6.03. The number of nitrogens with zero attached hydrogens (tertiary/aromatic N) is 2. The quantitative estimate of drug-likeness (QED) is 0.862. The number of nitrogens with one attached hydrogen (secondary N) is 1. The lowest BCUT2D eigenvalue weighted by Crippen LogP contribution is -2.40. The van der Waals surface area contributed by atoms with Crippen molar-refractivity contribution in [3.8, 4) is 0 Å². The van der Waals surface area contributed by atoms with Gasteiger partial charge in [0, 0.05) is 57.0 Å². The minimum Gasteiger partial charge on any atom is -0.382 e. The molecule has 2 heterocycles. The fourth-order valence-corrected chi connectivity index (χ4v) is 3.28. The van der Waals surface area contributed by atoms with Crippen molar-refractivity contribution in [2.24, 2.45) is 7.05 Å². The number of aryl methyl sites for hydroxylation is 1. The van der Waals surface area contributed by atoms with Crippen LogP contribution in [0.5, 0.6) is 0 Å². The number of amides is 2. The van der Waals surface area contributed by atoms with Gasteiger partial charge in [0.25, 0.3) is 0 Å². The summed E-state index contributed by atoms with van der Waals surface area (Å²) in [5, 5.41) is 4.32. The molecule has 0 radical (unpaired) electrons. The number of carbonyl (C=O) groups is 1. The van der Waals surface area contributed by atoms with E-state index in [9.17, 15) is 4.79 Å². The van der Waals surface area contributed by atoms with E-state index in [1.54, 1.807) is 0 Å². The van der Waals surface area contributed by atoms with E-state index in [4.69, 9.17) is 4.74 Å². The Morgan fingerprint density at radius 3 is 3.04 bits per heavy atom. The SMILES string of the molecule is CCOCCCNC(=O)N1CCc2cn(C)c3cccc(c23)C1. The molecule has 2 amide bonds. The van der Waals surface area contributed by atoms with Gasteiger partial charge in [-0.1, -0.05) is 12.1 Å². The lowest BCUT2D eigenvalue weighted by molar-refractivity contribution is 0.144. The molecule has 0 fully saturated rings. The van der Waals surface area contributed by atoms with Gasteiger partial charge >= 0.3 is 6.03 Å². The minimum absolute atomic E-state index is 0.0213. The predicted octanol–water partition coefficient (Wildman–Crippen LogP) is 2.67. The lowest BCUT2D eigenvalue weighted by Gasteiger charge is -2.21. The molecule has 124 valence electrons. The van der Waals surface area contributed by atoms with Crippen LogP contribution in [0.25, 0.3) is 10.9 Å². The average molecular weight is 315 g/mol. The fraction of sp³-hybridized carbons (Fsp3) is 0.500. The molecule has 0 saturated carbocycles. The molecular weight excluding hydrogens is 290 g/mol. The standard InChI is InChI=1S/C18H25N3O2/c1-3-23-11-5-9-19-18(22)21-10-8-15-12-20(2)16-7-4-6-14(13-21)17(15)16/h4,6-7,12H,3,5,8-11,13H2,1-2H3,(H,19,22). The molecule has 0 unspecified atom stereocenters. The fourth-order valence-electron chi connectivity index (χ4n) is 3.28. The molecular formula is C18H25N3O2. The molecule has 1 aliphatic rings. The third kappa shape index (κ3) is 3.34. The highest BCUT2D eigenvalue weighted by molar-refractivity contribution is 5.88. The summed E-state index contributed by atoms with van der Waals surface area (Å²) in [5.74, 6) is 0. The Bertz CT molecular complexity index is 693. The molecule has 0 atom stereocenters. The number of urea groups is 1. The molecule has 1 N–H and O–H groups in total. The van der Waals surface area contributed by atoms with Crippen LogP contribution in [0, 0.1) is 0 Å². The highest BCUT2D eigenvalue weighted by Crippen LogP contribution is 2.28. The summed E-state index contributed by atoms with van der Waals surface area (Å²) in [6, 6.07) is 6.37. The van der Waals surface area contributed by atoms with Crippen LogP contribution in [0.15, 0.2) is 24.4 Å². The summed E-state index contributed by atoms with van der Waals surface area (Å²) in [4.78, 5) is 14.3. The molecule has 1 aliphatic heterocycles. The summed E-state index contributed by atoms with van der Waals surface area (Å²) >= 11 is 0. The maximum absolute atomic E-state index is 12.4. The number of hydrogen-bond acceptors (Lipinski definition) is 2. The second-order valence-corrected chi connectivity index (χ2v) is 6.03. The Labute approximate surface area is 137 Å². The summed E-state index contributed by atoms with van der Waals surface area (Å²) in [5.41, 5.74) is 3.82. The van der Waals surface area contributed by atoms with Crippen LogP contribution in [-0.4, -0.2) is 41.8 Å². The van der Waals surface area contributed by atoms with Crippen molar-refractivity contribution in [3.05, 3.63) is 35.5 Å². The molecule has 2 aromatic rings. The van der Waals surface area contributed by atoms with Crippen LogP contribution < -0.4 is 5.32 Å². The third-order valence-corrected chi connectivity index (χ3v) is 4.42. The number of aromatic nitrogens is 1. The first-order valence-electron chi connectivity index (χ1n) is 8.37. The Kier molecular flexibility index (Phi) is 4.86. The maximum Gasteiger partial charge on any atom is 0.317 e. The largest absolute Gasteiger partial charge is 0.382 e. The Morgan fingerprint density at radius 1 is 1.35 bits per heavy atom. The first kappa shape index (κ1) is 15.9. The second kappa shape index (κ2) is 7.04. The first-order valence-corrected chi connectivity index (χ1v) is 8.37. The number of carbonyl (C=O) groups excluding carboxylic acids is 1. The summed E-state index contributed by atoms with van der Waals surface area (Å²) in [6.45, 7) is 5.49. The zero-order valence-corrected chi connectivity index (χ0v) is 14.0. The van der Waals surface area contributed by atoms with Crippen molar-refractivity contribution in [2.45, 2.75) is 26.3 Å². The Morgan fingerprint density at radius 2 is 2.22 bits per heavy atom. The van der Waals surface area contributed by atoms with Gasteiger partial charge in [0.1, 0.15) is 0 Å². The topological polar surface area (TPSA) is 46.5 Å². The van der Waals surface area contributed by atoms with Gasteiger partial charge in [-0.2, -0.15) is 0 Å². The van der Waals surface area contributed by atoms with Crippen molar-refractivity contribution in [1.29, 1.82) is 0 Å². The molecule has 0 spiro atoms. The van der Waals surface area contributed by atoms with E-state index in [0.29, 0.717) is 19.7 Å². The van der Waals surface area contributed by atoms with Gasteiger partial charge in [-0.3, -0.25) is 0 Å². The zero-order chi connectivity index (χ0) is 16.2. The van der Waals surface area contributed by atoms with E-state index in [1.165, 1.54) is 22.0 Å². The smallest absolute Gasteiger partial charge is 0.317 e. The molecule has 0 bridgehead atoms. The summed E-state index contributed by atoms with van der Waals surface area (Å²) in [7, 11) is 2.08. The highest BCUT2D eigenvalue weighted by atomic mass is 16.5. The van der Waals surface area contributed by atoms with Crippen LogP contribution in [0.2, 0.25) is 0 Å². The normalized spacial score (nSPS) is 14.1. The van der Waals surface area contributed by atoms with Gasteiger partial charge < -0.3 is 19.5 Å². The molecule has 1 aromatic carbocycles. The van der Waals surface area contributed by atoms with Crippen molar-refractivity contribution >= 4 is 16.9 Å². The van der Waals surface area contributed by atoms with Crippen molar-refractivity contribution in [2.75, 3.05) is 26.3 Å². The van der Waals surface area contributed by atoms with E-state index in [0.717, 1.165) is 26.0 Å². The van der Waals surface area contributed by atoms with Gasteiger partial charge in [-0.05, 0) is 37.0 Å². The first-order chi connectivity index (χ1) is 11.2. The predicted molar refractivity (Wildman–Crippen MR) is 91.5 cm³/mol. The van der Waals surface area contributed by atoms with E-state index in [2.05, 4.69) is 41.3 Å². The molecule has 1 aromatic heterocycles. The van der Waals surface area contributed by atoms with E-state index < -0.39 is 0 Å². The van der Waals surface area contributed by atoms with Crippen LogP contribution in [0.1, 0.15) is 24.5 Å². The molecule has 5 nitrogen and oxygen atoms in total. The molecule has 3 rings (SSSR count). The number of ether oxygens (including phenoxy) is 1. The molecule has 0 saturated heterocycles. The Balaban J connectivity index is 1.66. The van der Waals surface area contributed by atoms with Crippen LogP contribution >= 0.6 is 0 Å². The van der Waals surface area contributed by atoms with Crippen LogP contribution in [-0.2, 0) is 24.8 Å². The van der Waals surface area contributed by atoms with Crippen LogP contribution in [0.4, 0.5) is 4.79 Å². The monoisotopic (exact) mass is 315 g/mol. The van der Waals surface area contributed by atoms with Gasteiger partial charge in [0.15, 0.2) is 0 Å². The van der Waals surface area contributed by atoms with E-state index in [1.807, 2.05) is 11.8 Å². The zero-order valence-electron chi connectivity index (χ0n) is 14.0. The number of benzene rings is 1. The van der Waals surface area contributed by atoms with Gasteiger partial charge in [-0.15, -0.1) is 0 Å². The molecule has 23 heavy (non-hydrogen) atoms. The van der Waals surface area contributed by atoms with Gasteiger partial charge in [-0.25, -0.2) is 4.79 Å². The lowest BCUT2D eigenvalue weighted by atomic mass is 10.1. The van der Waals surface area contributed by atoms with E-state index >= 15 is 0 Å². The molecule has 0 aliphatic carbocycles. The van der Waals surface area contributed by atoms with Crippen LogP contribution in [0.3, 0.4) is 0 Å². The van der Waals surface area contributed by atoms with Crippen molar-refractivity contribution < 1.29 is 9.53 Å². The minimum atomic E-state index is 0.0213. The highest BCUT2D eigenvalue weighted by Gasteiger charge is 2.21. The molecule has 5 heteroatoms. The summed E-state index contributed by atoms with van der Waals surface area (Å²) in [6.07, 6.45) is 3.95. The summed E-state index contributed by atoms with van der Waals surface area (Å²) < 4.78 is 7.47. The van der Waals surface area contributed by atoms with Crippen molar-refractivity contribution in [3.63, 3.8) is 0 Å². The Hall–Kier alpha value is -2.01. The average Bonchev–Trinajstić information content (AvgIpc) is 2.76. The number of rotatable bonds is 5. The number of hydrogen-bond donors (Lipinski definition) is 1.